The molecular weight excluding hydrogens is 393 g/mol. The van der Waals surface area contributed by atoms with Crippen molar-refractivity contribution in [3.63, 3.8) is 0 Å². The third-order valence-electron chi connectivity index (χ3n) is 5.96. The summed E-state index contributed by atoms with van der Waals surface area (Å²) in [6.45, 7) is 6.35. The van der Waals surface area contributed by atoms with E-state index in [1.54, 1.807) is 0 Å². The van der Waals surface area contributed by atoms with Gasteiger partial charge in [0.1, 0.15) is 0 Å². The Kier molecular flexibility index (Phi) is 6.29. The van der Waals surface area contributed by atoms with Gasteiger partial charge in [0.15, 0.2) is 5.78 Å². The zero-order valence-electron chi connectivity index (χ0n) is 16.2. The van der Waals surface area contributed by atoms with Gasteiger partial charge in [-0.3, -0.25) is 9.69 Å². The number of nitrogens with zero attached hydrogens (tertiary/aromatic N) is 3. The number of aromatic nitrogens is 1. The lowest BCUT2D eigenvalue weighted by Crippen LogP contribution is -2.46. The van der Waals surface area contributed by atoms with Crippen molar-refractivity contribution in [2.45, 2.75) is 38.6 Å². The number of ketones is 1. The summed E-state index contributed by atoms with van der Waals surface area (Å²) in [5.41, 5.74) is 3.37. The van der Waals surface area contributed by atoms with Crippen molar-refractivity contribution < 1.29 is 4.79 Å². The minimum absolute atomic E-state index is 0.319. The lowest BCUT2D eigenvalue weighted by atomic mass is 9.97. The number of anilines is 1. The maximum absolute atomic E-state index is 12.0. The topological polar surface area (TPSA) is 28.5 Å². The van der Waals surface area contributed by atoms with Crippen LogP contribution < -0.4 is 4.90 Å². The molecule has 0 N–H and O–H groups in total. The highest BCUT2D eigenvalue weighted by atomic mass is 35.5. The van der Waals surface area contributed by atoms with Crippen LogP contribution >= 0.6 is 23.2 Å². The highest BCUT2D eigenvalue weighted by Gasteiger charge is 2.20. The van der Waals surface area contributed by atoms with Gasteiger partial charge in [0, 0.05) is 62.3 Å². The summed E-state index contributed by atoms with van der Waals surface area (Å²) in [5.74, 6) is 0.319. The molecule has 1 aliphatic heterocycles. The molecule has 2 heterocycles. The monoisotopic (exact) mass is 419 g/mol. The van der Waals surface area contributed by atoms with Crippen LogP contribution in [0.1, 0.15) is 41.7 Å². The predicted molar refractivity (Wildman–Crippen MR) is 116 cm³/mol. The first-order valence-corrected chi connectivity index (χ1v) is 11.0. The number of carbonyl (C=O) groups excluding carboxylic acids is 1. The Labute approximate surface area is 177 Å². The number of benzene rings is 1. The predicted octanol–water partition coefficient (Wildman–Crippen LogP) is 4.92. The molecule has 4 rings (SSSR count). The van der Waals surface area contributed by atoms with Crippen molar-refractivity contribution in [3.8, 4) is 0 Å². The van der Waals surface area contributed by atoms with Gasteiger partial charge in [-0.1, -0.05) is 23.2 Å². The second kappa shape index (κ2) is 8.89. The second-order valence-electron chi connectivity index (χ2n) is 7.78. The molecule has 1 aromatic heterocycles. The summed E-state index contributed by atoms with van der Waals surface area (Å²) in [6, 6.07) is 7.90. The van der Waals surface area contributed by atoms with Crippen LogP contribution in [-0.4, -0.2) is 48.0 Å². The molecule has 2 aliphatic rings. The average molecular weight is 420 g/mol. The lowest BCUT2D eigenvalue weighted by Gasteiger charge is -2.36. The molecule has 1 aromatic carbocycles. The molecule has 1 fully saturated rings. The molecule has 28 heavy (non-hydrogen) atoms. The smallest absolute Gasteiger partial charge is 0.164 e. The van der Waals surface area contributed by atoms with Gasteiger partial charge < -0.3 is 9.47 Å². The number of Topliss-reactive ketones (excluding diaryl/α,β-unsaturated/α-hetero) is 1. The summed E-state index contributed by atoms with van der Waals surface area (Å²) in [4.78, 5) is 16.9. The Morgan fingerprint density at radius 1 is 0.893 bits per heavy atom. The summed E-state index contributed by atoms with van der Waals surface area (Å²) in [6.07, 6.45) is 7.20. The van der Waals surface area contributed by atoms with E-state index in [-0.39, 0.29) is 0 Å². The molecule has 6 heteroatoms. The Morgan fingerprint density at radius 2 is 1.68 bits per heavy atom. The van der Waals surface area contributed by atoms with Crippen LogP contribution in [0.25, 0.3) is 0 Å². The second-order valence-corrected chi connectivity index (χ2v) is 8.59. The number of unbranched alkanes of at least 4 members (excludes halogenated alkanes) is 1. The highest BCUT2D eigenvalue weighted by molar-refractivity contribution is 6.42. The van der Waals surface area contributed by atoms with Crippen molar-refractivity contribution in [3.05, 3.63) is 51.8 Å². The number of hydrogen-bond donors (Lipinski definition) is 0. The van der Waals surface area contributed by atoms with E-state index < -0.39 is 0 Å². The first-order valence-electron chi connectivity index (χ1n) is 10.3. The summed E-state index contributed by atoms with van der Waals surface area (Å²) in [5, 5.41) is 1.23. The number of rotatable bonds is 6. The van der Waals surface area contributed by atoms with Crippen molar-refractivity contribution >= 4 is 34.7 Å². The van der Waals surface area contributed by atoms with Gasteiger partial charge in [0.2, 0.25) is 0 Å². The zero-order chi connectivity index (χ0) is 19.5. The van der Waals surface area contributed by atoms with Crippen molar-refractivity contribution in [1.29, 1.82) is 0 Å². The van der Waals surface area contributed by atoms with E-state index in [4.69, 9.17) is 23.2 Å². The standard InChI is InChI=1S/C22H27Cl2N3O/c23-19-7-6-17(16-20(19)24)26-14-12-25(13-15-26)9-1-2-10-27-11-8-18-21(27)4-3-5-22(18)28/h6-8,11,16H,1-5,9-10,12-15H2. The number of aryl methyl sites for hydroxylation is 1. The maximum atomic E-state index is 12.0. The SMILES string of the molecule is O=C1CCCc2c1ccn2CCCCN1CCN(c2ccc(Cl)c(Cl)c2)CC1. The molecule has 0 radical (unpaired) electrons. The van der Waals surface area contributed by atoms with Gasteiger partial charge in [0.25, 0.3) is 0 Å². The van der Waals surface area contributed by atoms with Crippen LogP contribution in [0.15, 0.2) is 30.5 Å². The fourth-order valence-corrected chi connectivity index (χ4v) is 4.62. The molecule has 1 aliphatic carbocycles. The van der Waals surface area contributed by atoms with Crippen molar-refractivity contribution in [1.82, 2.24) is 9.47 Å². The average Bonchev–Trinajstić information content (AvgIpc) is 3.12. The van der Waals surface area contributed by atoms with E-state index in [0.717, 1.165) is 69.8 Å². The Bertz CT molecular complexity index is 840. The van der Waals surface area contributed by atoms with Crippen molar-refractivity contribution in [2.75, 3.05) is 37.6 Å². The minimum Gasteiger partial charge on any atom is -0.369 e. The van der Waals surface area contributed by atoms with Gasteiger partial charge >= 0.3 is 0 Å². The third kappa shape index (κ3) is 4.40. The van der Waals surface area contributed by atoms with Crippen LogP contribution in [-0.2, 0) is 13.0 Å². The largest absolute Gasteiger partial charge is 0.369 e. The van der Waals surface area contributed by atoms with Gasteiger partial charge in [-0.15, -0.1) is 0 Å². The number of hydrogen-bond acceptors (Lipinski definition) is 3. The molecule has 0 saturated carbocycles. The van der Waals surface area contributed by atoms with Gasteiger partial charge in [-0.25, -0.2) is 0 Å². The quantitative estimate of drug-likeness (QED) is 0.622. The van der Waals surface area contributed by atoms with E-state index in [0.29, 0.717) is 22.2 Å². The molecule has 2 aromatic rings. The van der Waals surface area contributed by atoms with E-state index >= 15 is 0 Å². The van der Waals surface area contributed by atoms with Gasteiger partial charge in [0.05, 0.1) is 10.0 Å². The molecule has 4 nitrogen and oxygen atoms in total. The molecule has 150 valence electrons. The normalized spacial score (nSPS) is 17.8. The van der Waals surface area contributed by atoms with E-state index in [9.17, 15) is 4.79 Å². The van der Waals surface area contributed by atoms with Crippen LogP contribution in [0.2, 0.25) is 10.0 Å². The Morgan fingerprint density at radius 3 is 2.46 bits per heavy atom. The molecule has 1 saturated heterocycles. The number of fused-ring (bicyclic) bond motifs is 1. The molecule has 0 unspecified atom stereocenters. The van der Waals surface area contributed by atoms with Crippen molar-refractivity contribution in [2.24, 2.45) is 0 Å². The fraction of sp³-hybridized carbons (Fsp3) is 0.500. The number of piperazine rings is 1. The summed E-state index contributed by atoms with van der Waals surface area (Å²) >= 11 is 12.2. The first kappa shape index (κ1) is 19.8. The van der Waals surface area contributed by atoms with Crippen LogP contribution in [0.5, 0.6) is 0 Å². The molecule has 0 amide bonds. The molecular formula is C22H27Cl2N3O. The molecule has 0 atom stereocenters. The summed E-state index contributed by atoms with van der Waals surface area (Å²) < 4.78 is 2.30. The van der Waals surface area contributed by atoms with Crippen LogP contribution in [0, 0.1) is 0 Å². The maximum Gasteiger partial charge on any atom is 0.164 e. The third-order valence-corrected chi connectivity index (χ3v) is 6.70. The molecule has 0 bridgehead atoms. The minimum atomic E-state index is 0.319. The number of carbonyl (C=O) groups is 1. The van der Waals surface area contributed by atoms with Crippen LogP contribution in [0.3, 0.4) is 0 Å². The first-order chi connectivity index (χ1) is 13.6. The van der Waals surface area contributed by atoms with E-state index in [2.05, 4.69) is 20.6 Å². The lowest BCUT2D eigenvalue weighted by molar-refractivity contribution is 0.0971. The summed E-state index contributed by atoms with van der Waals surface area (Å²) in [7, 11) is 0. The van der Waals surface area contributed by atoms with Gasteiger partial charge in [-0.05, 0) is 56.5 Å². The van der Waals surface area contributed by atoms with E-state index in [1.807, 2.05) is 24.3 Å². The van der Waals surface area contributed by atoms with Gasteiger partial charge in [-0.2, -0.15) is 0 Å². The Balaban J connectivity index is 1.20. The van der Waals surface area contributed by atoms with Crippen LogP contribution in [0.4, 0.5) is 5.69 Å². The zero-order valence-corrected chi connectivity index (χ0v) is 17.7. The van der Waals surface area contributed by atoms with E-state index in [1.165, 1.54) is 12.1 Å². The highest BCUT2D eigenvalue weighted by Crippen LogP contribution is 2.28. The fourth-order valence-electron chi connectivity index (χ4n) is 4.33. The Hall–Kier alpha value is -1.49. The number of halogens is 2. The molecule has 0 spiro atoms.